The summed E-state index contributed by atoms with van der Waals surface area (Å²) in [6, 6.07) is 25.2. The predicted octanol–water partition coefficient (Wildman–Crippen LogP) is 7.68. The molecule has 0 unspecified atom stereocenters. The topological polar surface area (TPSA) is 86.3 Å². The fraction of sp³-hybridized carbons (Fsp3) is 0.319. The highest BCUT2D eigenvalue weighted by Gasteiger charge is 2.48. The van der Waals surface area contributed by atoms with Gasteiger partial charge >= 0.3 is 0 Å². The molecular formula is C47H46N2O4. The summed E-state index contributed by atoms with van der Waals surface area (Å²) in [5.74, 6) is -1.50. The van der Waals surface area contributed by atoms with Crippen molar-refractivity contribution in [1.82, 2.24) is 0 Å². The molecule has 0 spiro atoms. The molecule has 8 rings (SSSR count). The molecule has 0 amide bonds. The average Bonchev–Trinajstić information content (AvgIpc) is 3.51. The minimum atomic E-state index is -0.454. The molecule has 2 heterocycles. The van der Waals surface area contributed by atoms with Gasteiger partial charge in [0.2, 0.25) is 11.4 Å². The van der Waals surface area contributed by atoms with Gasteiger partial charge in [0, 0.05) is 65.8 Å². The lowest BCUT2D eigenvalue weighted by atomic mass is 9.74. The van der Waals surface area contributed by atoms with Crippen LogP contribution in [-0.2, 0) is 20.4 Å². The van der Waals surface area contributed by atoms with E-state index in [2.05, 4.69) is 99.2 Å². The Hall–Kier alpha value is -5.36. The molecule has 0 radical (unpaired) electrons. The van der Waals surface area contributed by atoms with Crippen molar-refractivity contribution in [3.8, 4) is 0 Å². The Kier molecular flexibility index (Phi) is 8.28. The van der Waals surface area contributed by atoms with Crippen LogP contribution < -0.4 is 10.2 Å². The Bertz CT molecular complexity index is 2320. The summed E-state index contributed by atoms with van der Waals surface area (Å²) in [4.78, 5) is 27.3. The van der Waals surface area contributed by atoms with Crippen LogP contribution in [0.1, 0.15) is 84.8 Å². The summed E-state index contributed by atoms with van der Waals surface area (Å²) in [7, 11) is 0. The summed E-state index contributed by atoms with van der Waals surface area (Å²) in [6.07, 6.45) is 7.25. The Morgan fingerprint density at radius 2 is 0.981 bits per heavy atom. The van der Waals surface area contributed by atoms with Crippen LogP contribution in [-0.4, -0.2) is 45.2 Å². The van der Waals surface area contributed by atoms with Gasteiger partial charge in [-0.05, 0) is 72.5 Å². The Morgan fingerprint density at radius 3 is 1.36 bits per heavy atom. The second-order valence-corrected chi connectivity index (χ2v) is 16.0. The number of ketones is 2. The van der Waals surface area contributed by atoms with Crippen LogP contribution in [0.3, 0.4) is 0 Å². The standard InChI is InChI=1S/C47H46N2O4/c1-7-9-23-48-36-21-19-28-15-11-13-17-30(28)40(36)46(3,4)38(48)26-34-42(50)32(43(34)51)25-33-44(52)35(45(33)53)27-39-47(5,6)41-31-18-14-12-16-29(31)20-22-37(41)49(39)24-10-8-2/h11-22,26-27H,7-10,23-25H2,1-6H3. The maximum absolute atomic E-state index is 13.7. The average molecular weight is 703 g/mol. The number of unbranched alkanes of at least 4 members (excludes halogenated alkanes) is 2. The van der Waals surface area contributed by atoms with E-state index in [9.17, 15) is 19.8 Å². The van der Waals surface area contributed by atoms with Crippen molar-refractivity contribution in [3.63, 3.8) is 0 Å². The molecule has 2 aliphatic heterocycles. The van der Waals surface area contributed by atoms with Gasteiger partial charge in [-0.15, -0.1) is 0 Å². The van der Waals surface area contributed by atoms with Gasteiger partial charge in [0.25, 0.3) is 0 Å². The van der Waals surface area contributed by atoms with Gasteiger partial charge in [-0.1, -0.05) is 86.7 Å². The van der Waals surface area contributed by atoms with Crippen molar-refractivity contribution in [1.29, 1.82) is 0 Å². The molecule has 0 saturated carbocycles. The second kappa shape index (κ2) is 12.6. The fourth-order valence-corrected chi connectivity index (χ4v) is 9.08. The molecule has 268 valence electrons. The number of nitrogens with zero attached hydrogens (tertiary/aromatic N) is 2. The number of benzene rings is 4. The van der Waals surface area contributed by atoms with Crippen LogP contribution in [0.15, 0.2) is 119 Å². The zero-order valence-electron chi connectivity index (χ0n) is 31.6. The highest BCUT2D eigenvalue weighted by molar-refractivity contribution is 6.26. The minimum absolute atomic E-state index is 0.0174. The number of rotatable bonds is 10. The van der Waals surface area contributed by atoms with Crippen LogP contribution in [0.2, 0.25) is 0 Å². The van der Waals surface area contributed by atoms with Gasteiger partial charge in [-0.2, -0.15) is 9.15 Å². The van der Waals surface area contributed by atoms with Gasteiger partial charge < -0.3 is 10.2 Å². The largest absolute Gasteiger partial charge is 0.872 e. The molecule has 4 aliphatic rings. The summed E-state index contributed by atoms with van der Waals surface area (Å²) >= 11 is 0. The molecule has 6 nitrogen and oxygen atoms in total. The second-order valence-electron chi connectivity index (χ2n) is 16.0. The van der Waals surface area contributed by atoms with Crippen LogP contribution in [0, 0.1) is 0 Å². The molecule has 0 aromatic heterocycles. The van der Waals surface area contributed by atoms with Gasteiger partial charge in [0.1, 0.15) is 13.1 Å². The SMILES string of the molecule is CCCC[N+]1=C(C=C2C(=O)C(CC3=C([O-])C(=CC4=[N+](CCCC)c5ccc6ccccc6c5C4(C)C)C3=O)=C2[O-])C(C)(C)c2c1ccc1ccccc21. The molecule has 0 saturated heterocycles. The van der Waals surface area contributed by atoms with E-state index in [1.807, 2.05) is 24.3 Å². The molecule has 0 atom stereocenters. The van der Waals surface area contributed by atoms with Gasteiger partial charge in [-0.25, -0.2) is 0 Å². The molecule has 53 heavy (non-hydrogen) atoms. The Labute approximate surface area is 311 Å². The molecule has 0 fully saturated rings. The molecule has 0 N–H and O–H groups in total. The third-order valence-electron chi connectivity index (χ3n) is 12.0. The Balaban J connectivity index is 1.13. The number of carbonyl (C=O) groups excluding carboxylic acids is 2. The van der Waals surface area contributed by atoms with Crippen molar-refractivity contribution >= 4 is 55.9 Å². The first kappa shape index (κ1) is 34.7. The zero-order valence-corrected chi connectivity index (χ0v) is 31.6. The number of hydrogen-bond donors (Lipinski definition) is 0. The monoisotopic (exact) mass is 702 g/mol. The van der Waals surface area contributed by atoms with Gasteiger partial charge in [-0.3, -0.25) is 9.59 Å². The van der Waals surface area contributed by atoms with Crippen molar-refractivity contribution < 1.29 is 29.0 Å². The van der Waals surface area contributed by atoms with E-state index >= 15 is 0 Å². The highest BCUT2D eigenvalue weighted by atomic mass is 16.3. The van der Waals surface area contributed by atoms with Crippen molar-refractivity contribution in [2.24, 2.45) is 0 Å². The predicted molar refractivity (Wildman–Crippen MR) is 208 cm³/mol. The van der Waals surface area contributed by atoms with E-state index in [4.69, 9.17) is 0 Å². The van der Waals surface area contributed by atoms with Crippen LogP contribution in [0.4, 0.5) is 11.4 Å². The van der Waals surface area contributed by atoms with E-state index < -0.39 is 10.8 Å². The van der Waals surface area contributed by atoms with Crippen LogP contribution in [0.25, 0.3) is 21.5 Å². The van der Waals surface area contributed by atoms with E-state index in [1.54, 1.807) is 12.2 Å². The summed E-state index contributed by atoms with van der Waals surface area (Å²) in [5, 5.41) is 32.0. The van der Waals surface area contributed by atoms with Gasteiger partial charge in [0.15, 0.2) is 23.0 Å². The van der Waals surface area contributed by atoms with Gasteiger partial charge in [0.05, 0.1) is 10.8 Å². The molecule has 6 heteroatoms. The molecule has 4 aromatic carbocycles. The van der Waals surface area contributed by atoms with Crippen molar-refractivity contribution in [2.45, 2.75) is 84.5 Å². The highest BCUT2D eigenvalue weighted by Crippen LogP contribution is 2.47. The minimum Gasteiger partial charge on any atom is -0.872 e. The van der Waals surface area contributed by atoms with Crippen molar-refractivity contribution in [2.75, 3.05) is 13.1 Å². The quantitative estimate of drug-likeness (QED) is 0.125. The lowest BCUT2D eigenvalue weighted by molar-refractivity contribution is -0.438. The summed E-state index contributed by atoms with van der Waals surface area (Å²) < 4.78 is 4.52. The summed E-state index contributed by atoms with van der Waals surface area (Å²) in [6.45, 7) is 14.4. The number of Topliss-reactive ketones (excluding diaryl/α,β-unsaturated/α-hetero) is 2. The van der Waals surface area contributed by atoms with E-state index in [1.165, 1.54) is 11.1 Å². The van der Waals surface area contributed by atoms with Crippen LogP contribution >= 0.6 is 0 Å². The lowest BCUT2D eigenvalue weighted by Gasteiger charge is -2.36. The number of allylic oxidation sites excluding steroid dienone is 6. The molecule has 2 aliphatic carbocycles. The Morgan fingerprint density at radius 1 is 0.585 bits per heavy atom. The molecule has 4 aromatic rings. The van der Waals surface area contributed by atoms with Crippen LogP contribution in [0.5, 0.6) is 0 Å². The first-order chi connectivity index (χ1) is 25.4. The first-order valence-corrected chi connectivity index (χ1v) is 19.1. The van der Waals surface area contributed by atoms with Crippen molar-refractivity contribution in [3.05, 3.63) is 130 Å². The maximum atomic E-state index is 13.7. The molecular weight excluding hydrogens is 657 g/mol. The van der Waals surface area contributed by atoms with E-state index in [-0.39, 0.29) is 51.8 Å². The normalized spacial score (nSPS) is 20.3. The zero-order chi connectivity index (χ0) is 37.4. The fourth-order valence-electron chi connectivity index (χ4n) is 9.08. The number of hydrogen-bond acceptors (Lipinski definition) is 4. The van der Waals surface area contributed by atoms with E-state index in [0.717, 1.165) is 83.1 Å². The number of carbonyl (C=O) groups is 2. The first-order valence-electron chi connectivity index (χ1n) is 19.1. The number of fused-ring (bicyclic) bond motifs is 6. The molecule has 0 bridgehead atoms. The third-order valence-corrected chi connectivity index (χ3v) is 12.0. The lowest BCUT2D eigenvalue weighted by Crippen LogP contribution is -2.37. The summed E-state index contributed by atoms with van der Waals surface area (Å²) in [5.41, 5.74) is 5.79. The van der Waals surface area contributed by atoms with E-state index in [0.29, 0.717) is 0 Å². The third kappa shape index (κ3) is 5.13. The maximum Gasteiger partial charge on any atom is 0.210 e. The smallest absolute Gasteiger partial charge is 0.210 e.